The van der Waals surface area contributed by atoms with Crippen molar-refractivity contribution in [3.05, 3.63) is 34.3 Å². The molecular weight excluding hydrogens is 252 g/mol. The van der Waals surface area contributed by atoms with Gasteiger partial charge < -0.3 is 9.73 Å². The zero-order valence-electron chi connectivity index (χ0n) is 12.7. The van der Waals surface area contributed by atoms with Crippen molar-refractivity contribution in [1.82, 2.24) is 10.3 Å². The van der Waals surface area contributed by atoms with Gasteiger partial charge in [-0.1, -0.05) is 33.8 Å². The molecule has 1 unspecified atom stereocenters. The van der Waals surface area contributed by atoms with E-state index in [1.165, 1.54) is 5.56 Å². The van der Waals surface area contributed by atoms with Gasteiger partial charge in [0.1, 0.15) is 0 Å². The van der Waals surface area contributed by atoms with Crippen molar-refractivity contribution in [2.75, 3.05) is 6.54 Å². The first kappa shape index (κ1) is 14.9. The smallest absolute Gasteiger partial charge is 0.408 e. The highest BCUT2D eigenvalue weighted by Crippen LogP contribution is 2.30. The van der Waals surface area contributed by atoms with Crippen LogP contribution in [0, 0.1) is 5.41 Å². The number of H-pyrrole nitrogens is 1. The Morgan fingerprint density at radius 2 is 2.10 bits per heavy atom. The largest absolute Gasteiger partial charge is 0.417 e. The molecule has 1 aromatic carbocycles. The van der Waals surface area contributed by atoms with Crippen molar-refractivity contribution in [2.45, 2.75) is 46.6 Å². The van der Waals surface area contributed by atoms with Crippen molar-refractivity contribution in [2.24, 2.45) is 5.41 Å². The Morgan fingerprint density at radius 1 is 1.35 bits per heavy atom. The quantitative estimate of drug-likeness (QED) is 0.877. The van der Waals surface area contributed by atoms with Gasteiger partial charge in [0.05, 0.1) is 5.52 Å². The highest BCUT2D eigenvalue weighted by molar-refractivity contribution is 5.72. The molecule has 20 heavy (non-hydrogen) atoms. The van der Waals surface area contributed by atoms with Crippen LogP contribution in [0.2, 0.25) is 0 Å². The van der Waals surface area contributed by atoms with Gasteiger partial charge in [-0.3, -0.25) is 4.98 Å². The lowest BCUT2D eigenvalue weighted by Crippen LogP contribution is -2.26. The number of hydrogen-bond donors (Lipinski definition) is 2. The summed E-state index contributed by atoms with van der Waals surface area (Å²) in [6.45, 7) is 9.86. The predicted octanol–water partition coefficient (Wildman–Crippen LogP) is 3.60. The van der Waals surface area contributed by atoms with Crippen LogP contribution < -0.4 is 11.1 Å². The van der Waals surface area contributed by atoms with E-state index in [-0.39, 0.29) is 11.5 Å². The van der Waals surface area contributed by atoms with E-state index in [9.17, 15) is 4.79 Å². The molecule has 0 saturated carbocycles. The van der Waals surface area contributed by atoms with Crippen LogP contribution in [0.25, 0.3) is 11.1 Å². The fourth-order valence-corrected chi connectivity index (χ4v) is 2.42. The van der Waals surface area contributed by atoms with Crippen LogP contribution in [0.15, 0.2) is 27.4 Å². The van der Waals surface area contributed by atoms with Gasteiger partial charge in [-0.15, -0.1) is 0 Å². The summed E-state index contributed by atoms with van der Waals surface area (Å²) in [6.07, 6.45) is 2.13. The molecule has 2 rings (SSSR count). The molecule has 0 saturated heterocycles. The van der Waals surface area contributed by atoms with E-state index >= 15 is 0 Å². The van der Waals surface area contributed by atoms with Gasteiger partial charge in [-0.05, 0) is 42.5 Å². The fourth-order valence-electron chi connectivity index (χ4n) is 2.42. The second-order valence-electron chi connectivity index (χ2n) is 6.54. The zero-order valence-corrected chi connectivity index (χ0v) is 12.7. The molecule has 0 aliphatic rings. The van der Waals surface area contributed by atoms with E-state index in [1.807, 2.05) is 12.1 Å². The van der Waals surface area contributed by atoms with Crippen LogP contribution >= 0.6 is 0 Å². The third-order valence-corrected chi connectivity index (χ3v) is 3.30. The SMILES string of the molecule is CCCNC(CC(C)(C)C)c1ccc2[nH]c(=O)oc2c1. The van der Waals surface area contributed by atoms with Crippen LogP contribution in [-0.2, 0) is 0 Å². The van der Waals surface area contributed by atoms with Gasteiger partial charge in [0.15, 0.2) is 5.58 Å². The number of benzene rings is 1. The fraction of sp³-hybridized carbons (Fsp3) is 0.562. The molecule has 1 aromatic heterocycles. The summed E-state index contributed by atoms with van der Waals surface area (Å²) in [5.74, 6) is -0.397. The second kappa shape index (κ2) is 5.83. The topological polar surface area (TPSA) is 58.0 Å². The molecule has 0 spiro atoms. The first-order valence-corrected chi connectivity index (χ1v) is 7.25. The van der Waals surface area contributed by atoms with E-state index in [2.05, 4.69) is 44.1 Å². The summed E-state index contributed by atoms with van der Waals surface area (Å²) >= 11 is 0. The lowest BCUT2D eigenvalue weighted by molar-refractivity contribution is 0.311. The molecule has 0 radical (unpaired) electrons. The molecule has 4 heteroatoms. The lowest BCUT2D eigenvalue weighted by atomic mass is 9.85. The van der Waals surface area contributed by atoms with E-state index in [0.717, 1.165) is 24.9 Å². The molecule has 2 aromatic rings. The number of nitrogens with one attached hydrogen (secondary N) is 2. The summed E-state index contributed by atoms with van der Waals surface area (Å²) in [4.78, 5) is 13.9. The molecule has 1 atom stereocenters. The second-order valence-corrected chi connectivity index (χ2v) is 6.54. The minimum Gasteiger partial charge on any atom is -0.408 e. The molecule has 0 fully saturated rings. The van der Waals surface area contributed by atoms with Crippen molar-refractivity contribution in [3.8, 4) is 0 Å². The van der Waals surface area contributed by atoms with Crippen LogP contribution in [0.5, 0.6) is 0 Å². The maximum Gasteiger partial charge on any atom is 0.417 e. The highest BCUT2D eigenvalue weighted by Gasteiger charge is 2.20. The number of fused-ring (bicyclic) bond motifs is 1. The molecular formula is C16H24N2O2. The average molecular weight is 276 g/mol. The molecule has 2 N–H and O–H groups in total. The number of hydrogen-bond acceptors (Lipinski definition) is 3. The number of aromatic amines is 1. The summed E-state index contributed by atoms with van der Waals surface area (Å²) in [5.41, 5.74) is 2.79. The Morgan fingerprint density at radius 3 is 2.75 bits per heavy atom. The Bertz CT molecular complexity index is 619. The van der Waals surface area contributed by atoms with Crippen LogP contribution in [-0.4, -0.2) is 11.5 Å². The van der Waals surface area contributed by atoms with Crippen LogP contribution in [0.3, 0.4) is 0 Å². The Balaban J connectivity index is 2.31. The van der Waals surface area contributed by atoms with Gasteiger partial charge in [-0.2, -0.15) is 0 Å². The average Bonchev–Trinajstić information content (AvgIpc) is 2.72. The van der Waals surface area contributed by atoms with Crippen molar-refractivity contribution in [1.29, 1.82) is 0 Å². The Hall–Kier alpha value is -1.55. The highest BCUT2D eigenvalue weighted by atomic mass is 16.4. The normalized spacial score (nSPS) is 13.8. The monoisotopic (exact) mass is 276 g/mol. The molecule has 0 bridgehead atoms. The third kappa shape index (κ3) is 3.73. The first-order valence-electron chi connectivity index (χ1n) is 7.25. The van der Waals surface area contributed by atoms with Gasteiger partial charge in [0.25, 0.3) is 0 Å². The molecule has 0 aliphatic heterocycles. The number of rotatable bonds is 5. The van der Waals surface area contributed by atoms with E-state index in [4.69, 9.17) is 4.42 Å². The Labute approximate surface area is 119 Å². The molecule has 4 nitrogen and oxygen atoms in total. The Kier molecular flexibility index (Phi) is 4.33. The predicted molar refractivity (Wildman–Crippen MR) is 81.9 cm³/mol. The van der Waals surface area contributed by atoms with Crippen LogP contribution in [0.4, 0.5) is 0 Å². The minimum atomic E-state index is -0.397. The van der Waals surface area contributed by atoms with Gasteiger partial charge in [-0.25, -0.2) is 4.79 Å². The van der Waals surface area contributed by atoms with Gasteiger partial charge >= 0.3 is 5.76 Å². The minimum absolute atomic E-state index is 0.235. The molecule has 0 aliphatic carbocycles. The maximum absolute atomic E-state index is 11.2. The third-order valence-electron chi connectivity index (χ3n) is 3.30. The van der Waals surface area contributed by atoms with Crippen molar-refractivity contribution < 1.29 is 4.42 Å². The molecule has 110 valence electrons. The maximum atomic E-state index is 11.2. The zero-order chi connectivity index (χ0) is 14.8. The van der Waals surface area contributed by atoms with Gasteiger partial charge in [0, 0.05) is 6.04 Å². The van der Waals surface area contributed by atoms with E-state index in [1.54, 1.807) is 0 Å². The van der Waals surface area contributed by atoms with E-state index in [0.29, 0.717) is 5.58 Å². The lowest BCUT2D eigenvalue weighted by Gasteiger charge is -2.27. The standard InChI is InChI=1S/C16H24N2O2/c1-5-8-17-13(10-16(2,3)4)11-6-7-12-14(9-11)20-15(19)18-12/h6-7,9,13,17H,5,8,10H2,1-4H3,(H,18,19). The van der Waals surface area contributed by atoms with E-state index < -0.39 is 5.76 Å². The van der Waals surface area contributed by atoms with Crippen LogP contribution in [0.1, 0.15) is 52.1 Å². The molecule has 1 heterocycles. The summed E-state index contributed by atoms with van der Waals surface area (Å²) < 4.78 is 5.15. The number of oxazole rings is 1. The molecule has 0 amide bonds. The first-order chi connectivity index (χ1) is 9.39. The summed E-state index contributed by atoms with van der Waals surface area (Å²) in [7, 11) is 0. The van der Waals surface area contributed by atoms with Crippen molar-refractivity contribution in [3.63, 3.8) is 0 Å². The number of aromatic nitrogens is 1. The summed E-state index contributed by atoms with van der Waals surface area (Å²) in [5, 5.41) is 3.58. The van der Waals surface area contributed by atoms with Crippen molar-refractivity contribution >= 4 is 11.1 Å². The van der Waals surface area contributed by atoms with Gasteiger partial charge in [0.2, 0.25) is 0 Å². The summed E-state index contributed by atoms with van der Waals surface area (Å²) in [6, 6.07) is 6.22.